The SMILES string of the molecule is N#CC(C#N)(CCC(F)(F)F)Cn1cc(SC(F)(Cl)Cl)cn1. The molecule has 1 aromatic rings. The van der Waals surface area contributed by atoms with Crippen LogP contribution in [0.4, 0.5) is 17.6 Å². The van der Waals surface area contributed by atoms with Gasteiger partial charge in [0.2, 0.25) is 0 Å². The zero-order valence-corrected chi connectivity index (χ0v) is 13.1. The van der Waals surface area contributed by atoms with Crippen molar-refractivity contribution in [3.8, 4) is 12.1 Å². The van der Waals surface area contributed by atoms with Gasteiger partial charge in [0.1, 0.15) is 0 Å². The minimum atomic E-state index is -4.48. The second-order valence-electron chi connectivity index (χ2n) is 4.34. The number of thioether (sulfide) groups is 1. The molecule has 0 aliphatic carbocycles. The highest BCUT2D eigenvalue weighted by Crippen LogP contribution is 2.41. The molecular weight excluding hydrogens is 367 g/mol. The maximum Gasteiger partial charge on any atom is 0.389 e. The van der Waals surface area contributed by atoms with Crippen molar-refractivity contribution >= 4 is 35.0 Å². The molecule has 1 heterocycles. The van der Waals surface area contributed by atoms with Crippen molar-refractivity contribution in [1.29, 1.82) is 10.5 Å². The van der Waals surface area contributed by atoms with E-state index in [4.69, 9.17) is 33.7 Å². The Balaban J connectivity index is 2.84. The summed E-state index contributed by atoms with van der Waals surface area (Å²) in [5, 5.41) is 21.8. The van der Waals surface area contributed by atoms with Crippen LogP contribution in [0.5, 0.6) is 0 Å². The fourth-order valence-electron chi connectivity index (χ4n) is 1.54. The molecule has 120 valence electrons. The van der Waals surface area contributed by atoms with E-state index in [-0.39, 0.29) is 11.4 Å². The highest BCUT2D eigenvalue weighted by molar-refractivity contribution is 8.03. The van der Waals surface area contributed by atoms with Gasteiger partial charge in [-0.05, 0) is 18.2 Å². The van der Waals surface area contributed by atoms with Gasteiger partial charge >= 0.3 is 10.1 Å². The van der Waals surface area contributed by atoms with Gasteiger partial charge in [0.05, 0.1) is 29.8 Å². The largest absolute Gasteiger partial charge is 0.389 e. The first kappa shape index (κ1) is 18.9. The van der Waals surface area contributed by atoms with E-state index in [0.29, 0.717) is 11.8 Å². The van der Waals surface area contributed by atoms with Gasteiger partial charge in [0.15, 0.2) is 5.41 Å². The molecule has 4 nitrogen and oxygen atoms in total. The molecule has 1 aromatic heterocycles. The Labute approximate surface area is 137 Å². The quantitative estimate of drug-likeness (QED) is 0.420. The van der Waals surface area contributed by atoms with E-state index < -0.39 is 28.4 Å². The van der Waals surface area contributed by atoms with Gasteiger partial charge < -0.3 is 0 Å². The summed E-state index contributed by atoms with van der Waals surface area (Å²) in [6.45, 7) is -0.388. The number of alkyl halides is 6. The summed E-state index contributed by atoms with van der Waals surface area (Å²) in [7, 11) is 0. The Kier molecular flexibility index (Phi) is 5.96. The van der Waals surface area contributed by atoms with Gasteiger partial charge in [-0.3, -0.25) is 4.68 Å². The lowest BCUT2D eigenvalue weighted by molar-refractivity contribution is -0.138. The zero-order valence-electron chi connectivity index (χ0n) is 10.7. The molecule has 0 bridgehead atoms. The number of nitriles is 2. The summed E-state index contributed by atoms with van der Waals surface area (Å²) in [6.07, 6.45) is -4.03. The molecule has 0 amide bonds. The number of aromatic nitrogens is 2. The number of hydrogen-bond acceptors (Lipinski definition) is 4. The van der Waals surface area contributed by atoms with E-state index >= 15 is 0 Å². The average molecular weight is 375 g/mol. The standard InChI is InChI=1S/C11H8Cl2F4N4S/c12-11(13,17)22-8-3-20-21(4-8)7-9(5-18,6-19)1-2-10(14,15)16/h3-4H,1-2,7H2. The third-order valence-corrected chi connectivity index (χ3v) is 3.68. The zero-order chi connectivity index (χ0) is 17.0. The number of hydrogen-bond donors (Lipinski definition) is 0. The Morgan fingerprint density at radius 1 is 1.18 bits per heavy atom. The van der Waals surface area contributed by atoms with Gasteiger partial charge in [0, 0.05) is 12.6 Å². The maximum atomic E-state index is 13.0. The topological polar surface area (TPSA) is 65.4 Å². The molecular formula is C11H8Cl2F4N4S. The lowest BCUT2D eigenvalue weighted by atomic mass is 9.86. The van der Waals surface area contributed by atoms with Crippen LogP contribution >= 0.6 is 35.0 Å². The molecule has 22 heavy (non-hydrogen) atoms. The van der Waals surface area contributed by atoms with Crippen LogP contribution < -0.4 is 0 Å². The third kappa shape index (κ3) is 6.30. The second kappa shape index (κ2) is 6.95. The number of nitrogens with zero attached hydrogens (tertiary/aromatic N) is 4. The van der Waals surface area contributed by atoms with Crippen LogP contribution in [0.15, 0.2) is 17.3 Å². The van der Waals surface area contributed by atoms with Crippen molar-refractivity contribution in [2.75, 3.05) is 0 Å². The van der Waals surface area contributed by atoms with E-state index in [1.54, 1.807) is 12.1 Å². The minimum absolute atomic E-state index is 0.202. The highest BCUT2D eigenvalue weighted by atomic mass is 35.5. The van der Waals surface area contributed by atoms with Crippen molar-refractivity contribution in [2.45, 2.75) is 34.4 Å². The molecule has 0 atom stereocenters. The summed E-state index contributed by atoms with van der Waals surface area (Å²) < 4.78 is 48.3. The van der Waals surface area contributed by atoms with Crippen LogP contribution in [-0.4, -0.2) is 19.9 Å². The van der Waals surface area contributed by atoms with E-state index in [9.17, 15) is 17.6 Å². The van der Waals surface area contributed by atoms with E-state index in [1.165, 1.54) is 12.4 Å². The average Bonchev–Trinajstić information content (AvgIpc) is 2.78. The number of rotatable bonds is 6. The molecule has 0 spiro atoms. The fourth-order valence-corrected chi connectivity index (χ4v) is 2.61. The molecule has 0 aliphatic heterocycles. The summed E-state index contributed by atoms with van der Waals surface area (Å²) in [6, 6.07) is 3.18. The number of halogens is 6. The molecule has 0 unspecified atom stereocenters. The molecule has 1 rings (SSSR count). The van der Waals surface area contributed by atoms with Crippen molar-refractivity contribution in [3.05, 3.63) is 12.4 Å². The van der Waals surface area contributed by atoms with Crippen LogP contribution in [0.25, 0.3) is 0 Å². The summed E-state index contributed by atoms with van der Waals surface area (Å²) in [5.41, 5.74) is -1.89. The van der Waals surface area contributed by atoms with Crippen LogP contribution in [0.3, 0.4) is 0 Å². The molecule has 0 radical (unpaired) electrons. The fraction of sp³-hybridized carbons (Fsp3) is 0.545. The van der Waals surface area contributed by atoms with Crippen molar-refractivity contribution in [3.63, 3.8) is 0 Å². The summed E-state index contributed by atoms with van der Waals surface area (Å²) >= 11 is 10.7. The van der Waals surface area contributed by atoms with Crippen LogP contribution in [0, 0.1) is 28.1 Å². The van der Waals surface area contributed by atoms with Crippen molar-refractivity contribution < 1.29 is 17.6 Å². The second-order valence-corrected chi connectivity index (χ2v) is 7.26. The van der Waals surface area contributed by atoms with Gasteiger partial charge in [-0.2, -0.15) is 33.2 Å². The predicted octanol–water partition coefficient (Wildman–Crippen LogP) is 4.41. The van der Waals surface area contributed by atoms with Crippen molar-refractivity contribution in [2.24, 2.45) is 5.41 Å². The van der Waals surface area contributed by atoms with Crippen LogP contribution in [0.2, 0.25) is 0 Å². The predicted molar refractivity (Wildman–Crippen MR) is 72.6 cm³/mol. The van der Waals surface area contributed by atoms with E-state index in [2.05, 4.69) is 5.10 Å². The molecule has 0 N–H and O–H groups in total. The lowest BCUT2D eigenvalue weighted by Crippen LogP contribution is -2.26. The van der Waals surface area contributed by atoms with E-state index in [0.717, 1.165) is 4.68 Å². The molecule has 0 fully saturated rings. The lowest BCUT2D eigenvalue weighted by Gasteiger charge is -2.19. The molecule has 0 aromatic carbocycles. The summed E-state index contributed by atoms with van der Waals surface area (Å²) in [4.78, 5) is 0.202. The first-order valence-corrected chi connectivity index (χ1v) is 7.23. The first-order chi connectivity index (χ1) is 9.99. The Morgan fingerprint density at radius 3 is 2.23 bits per heavy atom. The Bertz CT molecular complexity index is 583. The molecule has 0 saturated heterocycles. The third-order valence-electron chi connectivity index (χ3n) is 2.54. The molecule has 0 saturated carbocycles. The van der Waals surface area contributed by atoms with E-state index in [1.807, 2.05) is 0 Å². The smallest absolute Gasteiger partial charge is 0.269 e. The van der Waals surface area contributed by atoms with Crippen LogP contribution in [0.1, 0.15) is 12.8 Å². The first-order valence-electron chi connectivity index (χ1n) is 5.66. The van der Waals surface area contributed by atoms with Gasteiger partial charge in [-0.15, -0.1) is 0 Å². The Morgan fingerprint density at radius 2 is 1.77 bits per heavy atom. The van der Waals surface area contributed by atoms with Gasteiger partial charge in [-0.1, -0.05) is 23.2 Å². The van der Waals surface area contributed by atoms with Crippen LogP contribution in [-0.2, 0) is 6.54 Å². The van der Waals surface area contributed by atoms with Crippen molar-refractivity contribution in [1.82, 2.24) is 9.78 Å². The maximum absolute atomic E-state index is 13.0. The van der Waals surface area contributed by atoms with Gasteiger partial charge in [-0.25, -0.2) is 0 Å². The normalized spacial score (nSPS) is 12.7. The van der Waals surface area contributed by atoms with Gasteiger partial charge in [0.25, 0.3) is 0 Å². The highest BCUT2D eigenvalue weighted by Gasteiger charge is 2.37. The Hall–Kier alpha value is -1.16. The minimum Gasteiger partial charge on any atom is -0.269 e. The monoisotopic (exact) mass is 374 g/mol. The summed E-state index contributed by atoms with van der Waals surface area (Å²) in [5.74, 6) is 0. The molecule has 0 aliphatic rings. The molecule has 11 heteroatoms.